The summed E-state index contributed by atoms with van der Waals surface area (Å²) in [4.78, 5) is 30.9. The third-order valence-electron chi connectivity index (χ3n) is 5.50. The van der Waals surface area contributed by atoms with Gasteiger partial charge in [-0.2, -0.15) is 0 Å². The number of para-hydroxylation sites is 1. The summed E-state index contributed by atoms with van der Waals surface area (Å²) in [5.74, 6) is 1.42. The lowest BCUT2D eigenvalue weighted by atomic mass is 9.92. The van der Waals surface area contributed by atoms with Gasteiger partial charge in [0.15, 0.2) is 0 Å². The van der Waals surface area contributed by atoms with E-state index in [2.05, 4.69) is 29.0 Å². The van der Waals surface area contributed by atoms with Crippen molar-refractivity contribution in [3.05, 3.63) is 45.6 Å². The lowest BCUT2D eigenvalue weighted by Crippen LogP contribution is -2.40. The average Bonchev–Trinajstić information content (AvgIpc) is 3.11. The van der Waals surface area contributed by atoms with Crippen LogP contribution in [0.5, 0.6) is 0 Å². The number of hydrogen-bond acceptors (Lipinski definition) is 4. The van der Waals surface area contributed by atoms with E-state index in [4.69, 9.17) is 0 Å². The summed E-state index contributed by atoms with van der Waals surface area (Å²) >= 11 is 1.39. The molecule has 28 heavy (non-hydrogen) atoms. The van der Waals surface area contributed by atoms with Gasteiger partial charge in [-0.3, -0.25) is 9.59 Å². The Kier molecular flexibility index (Phi) is 5.51. The second-order valence-electron chi connectivity index (χ2n) is 8.17. The van der Waals surface area contributed by atoms with Crippen LogP contribution in [-0.4, -0.2) is 42.0 Å². The topological polar surface area (TPSA) is 65.2 Å². The van der Waals surface area contributed by atoms with Gasteiger partial charge in [-0.1, -0.05) is 32.0 Å². The fraction of sp³-hybridized carbons (Fsp3) is 0.455. The van der Waals surface area contributed by atoms with Gasteiger partial charge in [0.05, 0.1) is 10.3 Å². The van der Waals surface area contributed by atoms with E-state index in [0.717, 1.165) is 53.5 Å². The molecule has 1 aliphatic rings. The first-order chi connectivity index (χ1) is 13.5. The number of piperidine rings is 1. The molecule has 2 atom stereocenters. The third kappa shape index (κ3) is 3.98. The van der Waals surface area contributed by atoms with Crippen molar-refractivity contribution in [1.82, 2.24) is 15.2 Å². The summed E-state index contributed by atoms with van der Waals surface area (Å²) in [6, 6.07) is 9.43. The number of H-pyrrole nitrogens is 1. The Hall–Kier alpha value is -2.18. The number of likely N-dealkylation sites (tertiary alicyclic amines) is 1. The number of thiophene rings is 1. The molecule has 2 N–H and O–H groups in total. The van der Waals surface area contributed by atoms with E-state index in [1.807, 2.05) is 24.3 Å². The van der Waals surface area contributed by atoms with Crippen LogP contribution in [-0.2, 0) is 0 Å². The Morgan fingerprint density at radius 2 is 1.96 bits per heavy atom. The predicted molar refractivity (Wildman–Crippen MR) is 116 cm³/mol. The minimum absolute atomic E-state index is 0.0925. The number of aromatic nitrogens is 1. The van der Waals surface area contributed by atoms with E-state index in [-0.39, 0.29) is 11.5 Å². The summed E-state index contributed by atoms with van der Waals surface area (Å²) < 4.78 is 0.876. The molecule has 3 heterocycles. The van der Waals surface area contributed by atoms with Crippen molar-refractivity contribution >= 4 is 38.2 Å². The van der Waals surface area contributed by atoms with Gasteiger partial charge in [-0.05, 0) is 43.4 Å². The van der Waals surface area contributed by atoms with Crippen LogP contribution in [0.25, 0.3) is 21.0 Å². The second kappa shape index (κ2) is 8.05. The monoisotopic (exact) mass is 397 g/mol. The Labute approximate surface area is 168 Å². The molecule has 0 saturated carbocycles. The second-order valence-corrected chi connectivity index (χ2v) is 9.22. The van der Waals surface area contributed by atoms with Crippen LogP contribution in [0.2, 0.25) is 0 Å². The molecular weight excluding hydrogens is 370 g/mol. The predicted octanol–water partition coefficient (Wildman–Crippen LogP) is 3.84. The normalized spacial score (nSPS) is 20.6. The van der Waals surface area contributed by atoms with Gasteiger partial charge in [0.25, 0.3) is 11.5 Å². The molecule has 2 unspecified atom stereocenters. The summed E-state index contributed by atoms with van der Waals surface area (Å²) in [7, 11) is 0. The molecule has 5 nitrogen and oxygen atoms in total. The number of amides is 1. The first-order valence-corrected chi connectivity index (χ1v) is 10.9. The molecule has 1 aromatic carbocycles. The SMILES string of the molecule is CC1CC(C)CN(CCCNC(=O)c2cc3c(=O)[nH]c4ccccc4c3s2)C1. The fourth-order valence-electron chi connectivity index (χ4n) is 4.42. The molecule has 3 aromatic rings. The number of nitrogens with zero attached hydrogens (tertiary/aromatic N) is 1. The van der Waals surface area contributed by atoms with E-state index in [1.165, 1.54) is 17.8 Å². The Balaban J connectivity index is 1.40. The Bertz CT molecular complexity index is 1040. The van der Waals surface area contributed by atoms with Gasteiger partial charge in [0.2, 0.25) is 0 Å². The highest BCUT2D eigenvalue weighted by Crippen LogP contribution is 2.29. The number of hydrogen-bond donors (Lipinski definition) is 2. The van der Waals surface area contributed by atoms with Gasteiger partial charge < -0.3 is 15.2 Å². The largest absolute Gasteiger partial charge is 0.351 e. The Morgan fingerprint density at radius 3 is 2.75 bits per heavy atom. The number of pyridine rings is 1. The van der Waals surface area contributed by atoms with Crippen molar-refractivity contribution in [2.75, 3.05) is 26.2 Å². The van der Waals surface area contributed by atoms with E-state index < -0.39 is 0 Å². The quantitative estimate of drug-likeness (QED) is 0.643. The summed E-state index contributed by atoms with van der Waals surface area (Å²) in [6.45, 7) is 8.62. The maximum Gasteiger partial charge on any atom is 0.261 e. The van der Waals surface area contributed by atoms with Crippen LogP contribution >= 0.6 is 11.3 Å². The van der Waals surface area contributed by atoms with Crippen molar-refractivity contribution in [3.8, 4) is 0 Å². The van der Waals surface area contributed by atoms with Gasteiger partial charge in [0.1, 0.15) is 0 Å². The van der Waals surface area contributed by atoms with E-state index >= 15 is 0 Å². The number of carbonyl (C=O) groups is 1. The molecule has 148 valence electrons. The van der Waals surface area contributed by atoms with Crippen molar-refractivity contribution in [2.24, 2.45) is 11.8 Å². The first-order valence-electron chi connectivity index (χ1n) is 10.1. The number of aromatic amines is 1. The van der Waals surface area contributed by atoms with Gasteiger partial charge in [0, 0.05) is 35.2 Å². The summed E-state index contributed by atoms with van der Waals surface area (Å²) in [5, 5.41) is 4.59. The number of nitrogens with one attached hydrogen (secondary N) is 2. The standard InChI is InChI=1S/C22H27N3O2S/c1-14-10-15(2)13-25(12-14)9-5-8-23-22(27)19-11-17-20(28-19)16-6-3-4-7-18(16)24-21(17)26/h3-4,6-7,11,14-15H,5,8-10,12-13H2,1-2H3,(H,23,27)(H,24,26). The number of benzene rings is 1. The first kappa shape index (κ1) is 19.2. The molecule has 1 aliphatic heterocycles. The van der Waals surface area contributed by atoms with Crippen LogP contribution < -0.4 is 10.9 Å². The van der Waals surface area contributed by atoms with Crippen LogP contribution in [0.3, 0.4) is 0 Å². The van der Waals surface area contributed by atoms with Gasteiger partial charge in [-0.15, -0.1) is 11.3 Å². The van der Waals surface area contributed by atoms with Gasteiger partial charge >= 0.3 is 0 Å². The minimum atomic E-state index is -0.141. The maximum atomic E-state index is 12.6. The zero-order chi connectivity index (χ0) is 19.7. The van der Waals surface area contributed by atoms with Crippen LogP contribution in [0.1, 0.15) is 36.4 Å². The van der Waals surface area contributed by atoms with E-state index in [0.29, 0.717) is 16.8 Å². The fourth-order valence-corrected chi connectivity index (χ4v) is 5.53. The molecule has 0 bridgehead atoms. The molecule has 4 rings (SSSR count). The molecule has 1 fully saturated rings. The molecule has 2 aromatic heterocycles. The zero-order valence-corrected chi connectivity index (χ0v) is 17.3. The number of rotatable bonds is 5. The van der Waals surface area contributed by atoms with Crippen molar-refractivity contribution in [3.63, 3.8) is 0 Å². The lowest BCUT2D eigenvalue weighted by Gasteiger charge is -2.34. The van der Waals surface area contributed by atoms with Crippen LogP contribution in [0.15, 0.2) is 35.1 Å². The maximum absolute atomic E-state index is 12.6. The molecule has 0 radical (unpaired) electrons. The smallest absolute Gasteiger partial charge is 0.261 e. The summed E-state index contributed by atoms with van der Waals surface area (Å²) in [6.07, 6.45) is 2.26. The van der Waals surface area contributed by atoms with Crippen molar-refractivity contribution in [1.29, 1.82) is 0 Å². The Morgan fingerprint density at radius 1 is 1.21 bits per heavy atom. The zero-order valence-electron chi connectivity index (χ0n) is 16.5. The third-order valence-corrected chi connectivity index (χ3v) is 6.67. The van der Waals surface area contributed by atoms with E-state index in [1.54, 1.807) is 6.07 Å². The molecule has 0 spiro atoms. The molecule has 0 aliphatic carbocycles. The average molecular weight is 398 g/mol. The summed E-state index contributed by atoms with van der Waals surface area (Å²) in [5.41, 5.74) is 0.663. The molecular formula is C22H27N3O2S. The van der Waals surface area contributed by atoms with Crippen molar-refractivity contribution < 1.29 is 4.79 Å². The van der Waals surface area contributed by atoms with Crippen molar-refractivity contribution in [2.45, 2.75) is 26.7 Å². The molecule has 6 heteroatoms. The van der Waals surface area contributed by atoms with E-state index in [9.17, 15) is 9.59 Å². The number of fused-ring (bicyclic) bond motifs is 3. The highest BCUT2D eigenvalue weighted by molar-refractivity contribution is 7.21. The minimum Gasteiger partial charge on any atom is -0.351 e. The highest BCUT2D eigenvalue weighted by Gasteiger charge is 2.21. The van der Waals surface area contributed by atoms with Crippen LogP contribution in [0, 0.1) is 11.8 Å². The van der Waals surface area contributed by atoms with Crippen LogP contribution in [0.4, 0.5) is 0 Å². The lowest BCUT2D eigenvalue weighted by molar-refractivity contribution is 0.0951. The van der Waals surface area contributed by atoms with Gasteiger partial charge in [-0.25, -0.2) is 0 Å². The number of carbonyl (C=O) groups excluding carboxylic acids is 1. The highest BCUT2D eigenvalue weighted by atomic mass is 32.1. The molecule has 1 saturated heterocycles. The molecule has 1 amide bonds.